The predicted octanol–water partition coefficient (Wildman–Crippen LogP) is 2.23. The van der Waals surface area contributed by atoms with Crippen molar-refractivity contribution in [2.24, 2.45) is 0 Å². The zero-order valence-electron chi connectivity index (χ0n) is 17.0. The van der Waals surface area contributed by atoms with Crippen LogP contribution in [0, 0.1) is 0 Å². The van der Waals surface area contributed by atoms with Crippen molar-refractivity contribution in [1.82, 2.24) is 30.5 Å². The van der Waals surface area contributed by atoms with Crippen LogP contribution in [0.3, 0.4) is 0 Å². The molecular formula is C22H16ClN7O3. The molecule has 0 radical (unpaired) electrons. The quantitative estimate of drug-likeness (QED) is 0.417. The molecule has 3 N–H and O–H groups in total. The molecule has 2 aromatic carbocycles. The molecule has 0 atom stereocenters. The molecule has 0 saturated carbocycles. The van der Waals surface area contributed by atoms with Crippen molar-refractivity contribution in [3.63, 3.8) is 0 Å². The minimum atomic E-state index is -0.400. The molecule has 0 bridgehead atoms. The number of carbonyl (C=O) groups is 2. The summed E-state index contributed by atoms with van der Waals surface area (Å²) in [4.78, 5) is 38.2. The fraction of sp³-hybridized carbons (Fsp3) is 0.0909. The third kappa shape index (κ3) is 3.99. The summed E-state index contributed by atoms with van der Waals surface area (Å²) in [5, 5.41) is 19.5. The van der Waals surface area contributed by atoms with Gasteiger partial charge in [-0.2, -0.15) is 0 Å². The normalized spacial score (nSPS) is 12.3. The van der Waals surface area contributed by atoms with Crippen LogP contribution < -0.4 is 16.2 Å². The van der Waals surface area contributed by atoms with Crippen molar-refractivity contribution in [3.05, 3.63) is 81.2 Å². The Hall–Kier alpha value is -4.31. The fourth-order valence-electron chi connectivity index (χ4n) is 3.78. The minimum Gasteiger partial charge on any atom is -0.346 e. The Bertz CT molecular complexity index is 1430. The van der Waals surface area contributed by atoms with Gasteiger partial charge in [0.25, 0.3) is 11.5 Å². The summed E-state index contributed by atoms with van der Waals surface area (Å²) in [7, 11) is 0. The van der Waals surface area contributed by atoms with E-state index in [1.165, 1.54) is 10.6 Å². The van der Waals surface area contributed by atoms with Crippen molar-refractivity contribution in [3.8, 4) is 22.5 Å². The zero-order chi connectivity index (χ0) is 22.9. The van der Waals surface area contributed by atoms with Crippen LogP contribution in [0.2, 0.25) is 5.02 Å². The van der Waals surface area contributed by atoms with Crippen molar-refractivity contribution >= 4 is 29.1 Å². The first kappa shape index (κ1) is 20.6. The molecule has 2 aromatic heterocycles. The number of anilines is 1. The molecule has 0 unspecified atom stereocenters. The maximum Gasteiger partial charge on any atom is 0.254 e. The third-order valence-corrected chi connectivity index (χ3v) is 5.52. The van der Waals surface area contributed by atoms with Gasteiger partial charge in [0.15, 0.2) is 5.82 Å². The Morgan fingerprint density at radius 1 is 1.09 bits per heavy atom. The Kier molecular flexibility index (Phi) is 5.19. The SMILES string of the molecule is O=C(Cn1c2c(c(-c3cccc(Cl)c3)cc1=O)C(=O)NC2)Nc1ccc(-c2nnn[nH]2)cc1. The van der Waals surface area contributed by atoms with Gasteiger partial charge in [0.2, 0.25) is 5.91 Å². The summed E-state index contributed by atoms with van der Waals surface area (Å²) >= 11 is 6.09. The lowest BCUT2D eigenvalue weighted by molar-refractivity contribution is -0.116. The molecule has 0 fully saturated rings. The number of H-pyrrole nitrogens is 1. The highest BCUT2D eigenvalue weighted by Crippen LogP contribution is 2.29. The number of hydrogen-bond donors (Lipinski definition) is 3. The predicted molar refractivity (Wildman–Crippen MR) is 121 cm³/mol. The van der Waals surface area contributed by atoms with E-state index in [0.717, 1.165) is 5.56 Å². The van der Waals surface area contributed by atoms with Crippen LogP contribution >= 0.6 is 11.6 Å². The number of pyridine rings is 1. The summed E-state index contributed by atoms with van der Waals surface area (Å²) in [6.07, 6.45) is 0. The third-order valence-electron chi connectivity index (χ3n) is 5.29. The van der Waals surface area contributed by atoms with Gasteiger partial charge in [0.05, 0.1) is 17.8 Å². The first-order chi connectivity index (χ1) is 16.0. The number of aromatic nitrogens is 5. The number of nitrogens with zero attached hydrogens (tertiary/aromatic N) is 4. The topological polar surface area (TPSA) is 135 Å². The molecule has 10 nitrogen and oxygen atoms in total. The molecule has 1 aliphatic rings. The monoisotopic (exact) mass is 461 g/mol. The number of amides is 2. The molecule has 4 aromatic rings. The zero-order valence-corrected chi connectivity index (χ0v) is 17.8. The van der Waals surface area contributed by atoms with Crippen molar-refractivity contribution in [2.75, 3.05) is 5.32 Å². The van der Waals surface area contributed by atoms with E-state index < -0.39 is 5.91 Å². The first-order valence-electron chi connectivity index (χ1n) is 9.94. The van der Waals surface area contributed by atoms with Gasteiger partial charge in [-0.05, 0) is 52.4 Å². The largest absolute Gasteiger partial charge is 0.346 e. The molecule has 3 heterocycles. The molecule has 164 valence electrons. The second-order valence-corrected chi connectivity index (χ2v) is 7.81. The van der Waals surface area contributed by atoms with Crippen LogP contribution in [0.5, 0.6) is 0 Å². The van der Waals surface area contributed by atoms with E-state index in [9.17, 15) is 14.4 Å². The second-order valence-electron chi connectivity index (χ2n) is 7.37. The average Bonchev–Trinajstić information content (AvgIpc) is 3.47. The maximum atomic E-state index is 12.9. The average molecular weight is 462 g/mol. The van der Waals surface area contributed by atoms with Gasteiger partial charge in [-0.1, -0.05) is 23.7 Å². The lowest BCUT2D eigenvalue weighted by Crippen LogP contribution is -2.30. The van der Waals surface area contributed by atoms with Gasteiger partial charge in [-0.15, -0.1) is 5.10 Å². The minimum absolute atomic E-state index is 0.158. The number of nitrogens with one attached hydrogen (secondary N) is 3. The number of aromatic amines is 1. The number of halogens is 1. The molecule has 11 heteroatoms. The highest BCUT2D eigenvalue weighted by atomic mass is 35.5. The van der Waals surface area contributed by atoms with Crippen molar-refractivity contribution < 1.29 is 9.59 Å². The Balaban J connectivity index is 1.41. The van der Waals surface area contributed by atoms with E-state index in [0.29, 0.717) is 38.9 Å². The second kappa shape index (κ2) is 8.32. The molecule has 5 rings (SSSR count). The van der Waals surface area contributed by atoms with E-state index >= 15 is 0 Å². The van der Waals surface area contributed by atoms with Gasteiger partial charge in [-0.25, -0.2) is 5.10 Å². The lowest BCUT2D eigenvalue weighted by atomic mass is 9.99. The summed E-state index contributed by atoms with van der Waals surface area (Å²) in [6, 6.07) is 15.2. The van der Waals surface area contributed by atoms with E-state index in [1.807, 2.05) is 0 Å². The fourth-order valence-corrected chi connectivity index (χ4v) is 3.97. The van der Waals surface area contributed by atoms with E-state index in [1.54, 1.807) is 48.5 Å². The van der Waals surface area contributed by atoms with Crippen LogP contribution in [-0.4, -0.2) is 37.0 Å². The van der Waals surface area contributed by atoms with Gasteiger partial charge in [0, 0.05) is 27.9 Å². The number of benzene rings is 2. The lowest BCUT2D eigenvalue weighted by Gasteiger charge is -2.14. The van der Waals surface area contributed by atoms with Crippen LogP contribution in [0.15, 0.2) is 59.4 Å². The standard InChI is InChI=1S/C22H16ClN7O3/c23-14-3-1-2-13(8-14)16-9-19(32)30(17-10-24-22(33)20(16)17)11-18(31)25-15-6-4-12(5-7-15)21-26-28-29-27-21/h1-9H,10-11H2,(H,24,33)(H,25,31)(H,26,27,28,29). The van der Waals surface area contributed by atoms with Gasteiger partial charge in [0.1, 0.15) is 6.54 Å². The highest BCUT2D eigenvalue weighted by Gasteiger charge is 2.28. The number of hydrogen-bond acceptors (Lipinski definition) is 6. The molecule has 0 aliphatic carbocycles. The molecule has 0 spiro atoms. The van der Waals surface area contributed by atoms with Gasteiger partial charge in [-0.3, -0.25) is 14.4 Å². The first-order valence-corrected chi connectivity index (χ1v) is 10.3. The molecule has 33 heavy (non-hydrogen) atoms. The van der Waals surface area contributed by atoms with E-state index in [2.05, 4.69) is 31.3 Å². The van der Waals surface area contributed by atoms with Crippen LogP contribution in [0.25, 0.3) is 22.5 Å². The van der Waals surface area contributed by atoms with Gasteiger partial charge < -0.3 is 15.2 Å². The smallest absolute Gasteiger partial charge is 0.254 e. The maximum absolute atomic E-state index is 12.9. The van der Waals surface area contributed by atoms with E-state index in [-0.39, 0.29) is 24.6 Å². The molecular weight excluding hydrogens is 446 g/mol. The summed E-state index contributed by atoms with van der Waals surface area (Å²) in [5.74, 6) is -0.193. The van der Waals surface area contributed by atoms with Crippen molar-refractivity contribution in [2.45, 2.75) is 13.1 Å². The number of carbonyl (C=O) groups excluding carboxylic acids is 2. The Labute approximate surface area is 191 Å². The molecule has 2 amide bonds. The number of rotatable bonds is 5. The van der Waals surface area contributed by atoms with Crippen LogP contribution in [0.4, 0.5) is 5.69 Å². The molecule has 0 saturated heterocycles. The summed E-state index contributed by atoms with van der Waals surface area (Å²) < 4.78 is 1.31. The number of tetrazole rings is 1. The highest BCUT2D eigenvalue weighted by molar-refractivity contribution is 6.30. The molecule has 1 aliphatic heterocycles. The van der Waals surface area contributed by atoms with Gasteiger partial charge >= 0.3 is 0 Å². The van der Waals surface area contributed by atoms with E-state index in [4.69, 9.17) is 11.6 Å². The summed E-state index contributed by atoms with van der Waals surface area (Å²) in [6.45, 7) is -0.0786. The Morgan fingerprint density at radius 2 is 1.91 bits per heavy atom. The Morgan fingerprint density at radius 3 is 2.64 bits per heavy atom. The van der Waals surface area contributed by atoms with Crippen LogP contribution in [0.1, 0.15) is 16.1 Å². The van der Waals surface area contributed by atoms with Crippen molar-refractivity contribution in [1.29, 1.82) is 0 Å². The summed E-state index contributed by atoms with van der Waals surface area (Å²) in [5.41, 5.74) is 2.90. The van der Waals surface area contributed by atoms with Crippen LogP contribution in [-0.2, 0) is 17.9 Å². The number of fused-ring (bicyclic) bond motifs is 1.